The number of nitriles is 1. The van der Waals surface area contributed by atoms with Crippen LogP contribution in [0.1, 0.15) is 22.3 Å². The maximum Gasteiger partial charge on any atom is 0.143 e. The van der Waals surface area contributed by atoms with Crippen molar-refractivity contribution in [3.8, 4) is 11.8 Å². The third-order valence-electron chi connectivity index (χ3n) is 3.54. The van der Waals surface area contributed by atoms with Crippen LogP contribution < -0.4 is 10.1 Å². The van der Waals surface area contributed by atoms with Gasteiger partial charge in [0.05, 0.1) is 18.4 Å². The molecule has 0 fully saturated rings. The minimum absolute atomic E-state index is 0.592. The molecular weight excluding hydrogens is 248 g/mol. The summed E-state index contributed by atoms with van der Waals surface area (Å²) in [5, 5.41) is 12.5. The quantitative estimate of drug-likeness (QED) is 0.915. The third-order valence-corrected chi connectivity index (χ3v) is 3.54. The molecule has 0 unspecified atom stereocenters. The Morgan fingerprint density at radius 3 is 2.60 bits per heavy atom. The molecule has 0 aromatic heterocycles. The van der Waals surface area contributed by atoms with Crippen molar-refractivity contribution < 1.29 is 4.74 Å². The summed E-state index contributed by atoms with van der Waals surface area (Å²) < 4.78 is 5.32. The Kier molecular flexibility index (Phi) is 4.27. The molecule has 0 spiro atoms. The van der Waals surface area contributed by atoms with Crippen molar-refractivity contribution in [1.29, 1.82) is 5.26 Å². The molecule has 0 bridgehead atoms. The minimum Gasteiger partial charge on any atom is -0.495 e. The highest BCUT2D eigenvalue weighted by Crippen LogP contribution is 2.28. The molecule has 0 radical (unpaired) electrons. The fraction of sp³-hybridized carbons (Fsp3) is 0.235. The van der Waals surface area contributed by atoms with Gasteiger partial charge in [-0.3, -0.25) is 0 Å². The van der Waals surface area contributed by atoms with E-state index in [9.17, 15) is 5.26 Å². The molecule has 0 aliphatic carbocycles. The van der Waals surface area contributed by atoms with Crippen LogP contribution in [0, 0.1) is 25.2 Å². The molecule has 3 nitrogen and oxygen atoms in total. The average molecular weight is 266 g/mol. The third kappa shape index (κ3) is 2.75. The van der Waals surface area contributed by atoms with Gasteiger partial charge >= 0.3 is 0 Å². The van der Waals surface area contributed by atoms with Gasteiger partial charge in [0, 0.05) is 6.54 Å². The van der Waals surface area contributed by atoms with Gasteiger partial charge in [-0.2, -0.15) is 5.26 Å². The van der Waals surface area contributed by atoms with Gasteiger partial charge in [0.2, 0.25) is 0 Å². The molecular formula is C17H18N2O. The Bertz CT molecular complexity index is 657. The largest absolute Gasteiger partial charge is 0.495 e. The van der Waals surface area contributed by atoms with Crippen molar-refractivity contribution in [1.82, 2.24) is 0 Å². The molecule has 1 N–H and O–H groups in total. The number of anilines is 1. The van der Waals surface area contributed by atoms with Gasteiger partial charge in [0.1, 0.15) is 11.8 Å². The smallest absolute Gasteiger partial charge is 0.143 e. The maximum absolute atomic E-state index is 9.19. The van der Waals surface area contributed by atoms with E-state index < -0.39 is 0 Å². The standard InChI is InChI=1S/C17H18N2O/c1-12-6-4-8-15(13(12)2)11-19-17-14(10-18)7-5-9-16(17)20-3/h4-9,19H,11H2,1-3H3. The van der Waals surface area contributed by atoms with E-state index in [1.54, 1.807) is 13.2 Å². The Hall–Kier alpha value is -2.47. The van der Waals surface area contributed by atoms with E-state index in [-0.39, 0.29) is 0 Å². The van der Waals surface area contributed by atoms with E-state index in [0.29, 0.717) is 17.9 Å². The van der Waals surface area contributed by atoms with E-state index >= 15 is 0 Å². The minimum atomic E-state index is 0.592. The van der Waals surface area contributed by atoms with Crippen LogP contribution in [-0.2, 0) is 6.54 Å². The van der Waals surface area contributed by atoms with Crippen LogP contribution in [0.25, 0.3) is 0 Å². The SMILES string of the molecule is COc1cccc(C#N)c1NCc1cccc(C)c1C. The fourth-order valence-electron chi connectivity index (χ4n) is 2.16. The van der Waals surface area contributed by atoms with Crippen LogP contribution in [-0.4, -0.2) is 7.11 Å². The molecule has 2 aromatic carbocycles. The van der Waals surface area contributed by atoms with Gasteiger partial charge in [-0.05, 0) is 42.7 Å². The average Bonchev–Trinajstić information content (AvgIpc) is 2.48. The number of rotatable bonds is 4. The molecule has 20 heavy (non-hydrogen) atoms. The predicted molar refractivity (Wildman–Crippen MR) is 81.0 cm³/mol. The first-order chi connectivity index (χ1) is 9.67. The molecule has 0 heterocycles. The van der Waals surface area contributed by atoms with Gasteiger partial charge in [-0.25, -0.2) is 0 Å². The lowest BCUT2D eigenvalue weighted by Crippen LogP contribution is -2.05. The number of nitrogens with zero attached hydrogens (tertiary/aromatic N) is 1. The second-order valence-electron chi connectivity index (χ2n) is 4.71. The van der Waals surface area contributed by atoms with E-state index in [1.165, 1.54) is 16.7 Å². The highest BCUT2D eigenvalue weighted by Gasteiger charge is 2.09. The first-order valence-corrected chi connectivity index (χ1v) is 6.53. The zero-order chi connectivity index (χ0) is 14.5. The summed E-state index contributed by atoms with van der Waals surface area (Å²) in [6, 6.07) is 13.9. The second kappa shape index (κ2) is 6.12. The van der Waals surface area contributed by atoms with E-state index in [4.69, 9.17) is 4.74 Å². The Labute approximate surface area is 119 Å². The highest BCUT2D eigenvalue weighted by atomic mass is 16.5. The first kappa shape index (κ1) is 14.0. The Morgan fingerprint density at radius 1 is 1.15 bits per heavy atom. The van der Waals surface area contributed by atoms with Crippen molar-refractivity contribution in [2.24, 2.45) is 0 Å². The number of methoxy groups -OCH3 is 1. The van der Waals surface area contributed by atoms with Crippen molar-refractivity contribution in [2.75, 3.05) is 12.4 Å². The number of benzene rings is 2. The number of para-hydroxylation sites is 1. The van der Waals surface area contributed by atoms with Gasteiger partial charge in [0.25, 0.3) is 0 Å². The molecule has 0 aliphatic heterocycles. The normalized spacial score (nSPS) is 9.90. The van der Waals surface area contributed by atoms with Crippen LogP contribution in [0.3, 0.4) is 0 Å². The Morgan fingerprint density at radius 2 is 1.90 bits per heavy atom. The highest BCUT2D eigenvalue weighted by molar-refractivity contribution is 5.66. The summed E-state index contributed by atoms with van der Waals surface area (Å²) in [4.78, 5) is 0. The summed E-state index contributed by atoms with van der Waals surface area (Å²) in [7, 11) is 1.61. The van der Waals surface area contributed by atoms with Crippen LogP contribution in [0.5, 0.6) is 5.75 Å². The monoisotopic (exact) mass is 266 g/mol. The van der Waals surface area contributed by atoms with Gasteiger partial charge < -0.3 is 10.1 Å². The summed E-state index contributed by atoms with van der Waals surface area (Å²) in [6.45, 7) is 4.88. The summed E-state index contributed by atoms with van der Waals surface area (Å²) in [5.41, 5.74) is 5.10. The fourth-order valence-corrected chi connectivity index (χ4v) is 2.16. The van der Waals surface area contributed by atoms with Crippen LogP contribution in [0.4, 0.5) is 5.69 Å². The lowest BCUT2D eigenvalue weighted by atomic mass is 10.0. The van der Waals surface area contributed by atoms with Gasteiger partial charge in [-0.15, -0.1) is 0 Å². The molecule has 102 valence electrons. The number of hydrogen-bond donors (Lipinski definition) is 1. The zero-order valence-corrected chi connectivity index (χ0v) is 12.0. The summed E-state index contributed by atoms with van der Waals surface area (Å²) >= 11 is 0. The molecule has 0 aliphatic rings. The molecule has 0 saturated carbocycles. The van der Waals surface area contributed by atoms with Crippen LogP contribution in [0.2, 0.25) is 0 Å². The molecule has 0 amide bonds. The number of aryl methyl sites for hydroxylation is 1. The van der Waals surface area contributed by atoms with E-state index in [1.807, 2.05) is 18.2 Å². The van der Waals surface area contributed by atoms with Crippen LogP contribution in [0.15, 0.2) is 36.4 Å². The number of nitrogens with one attached hydrogen (secondary N) is 1. The molecule has 3 heteroatoms. The number of ether oxygens (including phenoxy) is 1. The molecule has 2 aromatic rings. The predicted octanol–water partition coefficient (Wildman–Crippen LogP) is 3.80. The maximum atomic E-state index is 9.19. The lowest BCUT2D eigenvalue weighted by molar-refractivity contribution is 0.416. The van der Waals surface area contributed by atoms with Crippen molar-refractivity contribution >= 4 is 5.69 Å². The van der Waals surface area contributed by atoms with Gasteiger partial charge in [-0.1, -0.05) is 24.3 Å². The first-order valence-electron chi connectivity index (χ1n) is 6.53. The van der Waals surface area contributed by atoms with Crippen LogP contribution >= 0.6 is 0 Å². The van der Waals surface area contributed by atoms with Gasteiger partial charge in [0.15, 0.2) is 0 Å². The molecule has 0 saturated heterocycles. The van der Waals surface area contributed by atoms with Crippen molar-refractivity contribution in [3.63, 3.8) is 0 Å². The van der Waals surface area contributed by atoms with Crippen molar-refractivity contribution in [2.45, 2.75) is 20.4 Å². The Balaban J connectivity index is 2.27. The summed E-state index contributed by atoms with van der Waals surface area (Å²) in [6.07, 6.45) is 0. The van der Waals surface area contributed by atoms with E-state index in [2.05, 4.69) is 37.4 Å². The second-order valence-corrected chi connectivity index (χ2v) is 4.71. The lowest BCUT2D eigenvalue weighted by Gasteiger charge is -2.14. The zero-order valence-electron chi connectivity index (χ0n) is 12.0. The number of hydrogen-bond acceptors (Lipinski definition) is 3. The van der Waals surface area contributed by atoms with E-state index in [0.717, 1.165) is 5.69 Å². The van der Waals surface area contributed by atoms with Crippen molar-refractivity contribution in [3.05, 3.63) is 58.7 Å². The topological polar surface area (TPSA) is 45.0 Å². The molecule has 2 rings (SSSR count). The molecule has 0 atom stereocenters. The summed E-state index contributed by atoms with van der Waals surface area (Å²) in [5.74, 6) is 0.689.